The predicted octanol–water partition coefficient (Wildman–Crippen LogP) is 4.08. The minimum atomic E-state index is -0.563. The SMILES string of the molecule is C=C/C=C(\C=C)c1ncc(-c2ccc(OCC)cc2)nc1C(=O)OC. The standard InChI is InChI=1S/C20H20N2O3/c1-5-8-14(6-2)18-19(20(23)24-4)22-17(13-21-18)15-9-11-16(12-10-15)25-7-3/h5-6,8-13H,1-2,7H2,3-4H3/b14-8+. The summed E-state index contributed by atoms with van der Waals surface area (Å²) in [6.45, 7) is 9.92. The van der Waals surface area contributed by atoms with Crippen LogP contribution in [0.4, 0.5) is 0 Å². The van der Waals surface area contributed by atoms with Gasteiger partial charge in [0.1, 0.15) is 11.4 Å². The molecule has 1 aromatic heterocycles. The quantitative estimate of drug-likeness (QED) is 0.563. The number of esters is 1. The number of rotatable bonds is 7. The molecule has 5 nitrogen and oxygen atoms in total. The third-order valence-electron chi connectivity index (χ3n) is 3.40. The lowest BCUT2D eigenvalue weighted by Crippen LogP contribution is -2.10. The Bertz CT molecular complexity index is 808. The number of carbonyl (C=O) groups excluding carboxylic acids is 1. The van der Waals surface area contributed by atoms with Crippen LogP contribution < -0.4 is 4.74 Å². The average molecular weight is 336 g/mol. The Balaban J connectivity index is 2.51. The fourth-order valence-corrected chi connectivity index (χ4v) is 2.24. The maximum absolute atomic E-state index is 12.1. The van der Waals surface area contributed by atoms with Crippen LogP contribution >= 0.6 is 0 Å². The van der Waals surface area contributed by atoms with E-state index in [2.05, 4.69) is 23.1 Å². The van der Waals surface area contributed by atoms with Crippen LogP contribution in [-0.2, 0) is 4.74 Å². The summed E-state index contributed by atoms with van der Waals surface area (Å²) in [5.41, 5.74) is 2.55. The molecule has 0 aliphatic heterocycles. The van der Waals surface area contributed by atoms with Crippen LogP contribution in [0, 0.1) is 0 Å². The van der Waals surface area contributed by atoms with Crippen molar-refractivity contribution in [3.05, 3.63) is 73.2 Å². The maximum Gasteiger partial charge on any atom is 0.358 e. The third-order valence-corrected chi connectivity index (χ3v) is 3.40. The van der Waals surface area contributed by atoms with Gasteiger partial charge in [-0.15, -0.1) is 0 Å². The molecule has 0 aliphatic rings. The van der Waals surface area contributed by atoms with E-state index in [1.165, 1.54) is 7.11 Å². The van der Waals surface area contributed by atoms with Crippen molar-refractivity contribution < 1.29 is 14.3 Å². The first-order valence-corrected chi connectivity index (χ1v) is 7.78. The van der Waals surface area contributed by atoms with Gasteiger partial charge in [0.2, 0.25) is 0 Å². The van der Waals surface area contributed by atoms with Crippen LogP contribution in [0.25, 0.3) is 16.8 Å². The fourth-order valence-electron chi connectivity index (χ4n) is 2.24. The predicted molar refractivity (Wildman–Crippen MR) is 98.3 cm³/mol. The van der Waals surface area contributed by atoms with Crippen molar-refractivity contribution in [3.8, 4) is 17.0 Å². The number of allylic oxidation sites excluding steroid dienone is 4. The van der Waals surface area contributed by atoms with E-state index >= 15 is 0 Å². The molecule has 0 aliphatic carbocycles. The summed E-state index contributed by atoms with van der Waals surface area (Å²) < 4.78 is 10.3. The Morgan fingerprint density at radius 1 is 1.20 bits per heavy atom. The lowest BCUT2D eigenvalue weighted by Gasteiger charge is -2.10. The van der Waals surface area contributed by atoms with Crippen molar-refractivity contribution >= 4 is 11.5 Å². The Hall–Kier alpha value is -3.21. The molecule has 2 aromatic rings. The Labute approximate surface area is 147 Å². The van der Waals surface area contributed by atoms with Crippen LogP contribution in [0.5, 0.6) is 5.75 Å². The number of methoxy groups -OCH3 is 1. The lowest BCUT2D eigenvalue weighted by atomic mass is 10.1. The summed E-state index contributed by atoms with van der Waals surface area (Å²) in [4.78, 5) is 21.0. The number of aromatic nitrogens is 2. The van der Waals surface area contributed by atoms with Gasteiger partial charge in [0.15, 0.2) is 5.69 Å². The molecule has 0 N–H and O–H groups in total. The molecule has 2 rings (SSSR count). The van der Waals surface area contributed by atoms with Gasteiger partial charge in [0.05, 0.1) is 25.6 Å². The van der Waals surface area contributed by atoms with Crippen molar-refractivity contribution in [2.45, 2.75) is 6.92 Å². The van der Waals surface area contributed by atoms with Gasteiger partial charge in [-0.3, -0.25) is 4.98 Å². The highest BCUT2D eigenvalue weighted by molar-refractivity contribution is 5.94. The molecule has 0 saturated carbocycles. The van der Waals surface area contributed by atoms with Crippen molar-refractivity contribution in [1.82, 2.24) is 9.97 Å². The van der Waals surface area contributed by atoms with Gasteiger partial charge in [-0.2, -0.15) is 0 Å². The number of nitrogens with zero attached hydrogens (tertiary/aromatic N) is 2. The maximum atomic E-state index is 12.1. The summed E-state index contributed by atoms with van der Waals surface area (Å²) in [7, 11) is 1.31. The van der Waals surface area contributed by atoms with E-state index in [1.54, 1.807) is 24.4 Å². The first-order valence-electron chi connectivity index (χ1n) is 7.78. The van der Waals surface area contributed by atoms with Crippen molar-refractivity contribution in [2.24, 2.45) is 0 Å². The molecule has 0 amide bonds. The van der Waals surface area contributed by atoms with E-state index in [9.17, 15) is 4.79 Å². The van der Waals surface area contributed by atoms with Gasteiger partial charge in [0, 0.05) is 11.1 Å². The van der Waals surface area contributed by atoms with E-state index in [0.717, 1.165) is 11.3 Å². The number of hydrogen-bond acceptors (Lipinski definition) is 5. The zero-order chi connectivity index (χ0) is 18.2. The van der Waals surface area contributed by atoms with E-state index < -0.39 is 5.97 Å². The zero-order valence-corrected chi connectivity index (χ0v) is 14.4. The Morgan fingerprint density at radius 2 is 1.92 bits per heavy atom. The molecule has 0 radical (unpaired) electrons. The Morgan fingerprint density at radius 3 is 2.48 bits per heavy atom. The number of hydrogen-bond donors (Lipinski definition) is 0. The number of carbonyl (C=O) groups is 1. The second-order valence-corrected chi connectivity index (χ2v) is 4.96. The first kappa shape index (κ1) is 18.1. The molecule has 0 saturated heterocycles. The van der Waals surface area contributed by atoms with Gasteiger partial charge in [-0.05, 0) is 31.2 Å². The molecule has 1 heterocycles. The van der Waals surface area contributed by atoms with Crippen molar-refractivity contribution in [3.63, 3.8) is 0 Å². The summed E-state index contributed by atoms with van der Waals surface area (Å²) in [5.74, 6) is 0.207. The van der Waals surface area contributed by atoms with E-state index in [1.807, 2.05) is 31.2 Å². The van der Waals surface area contributed by atoms with E-state index in [4.69, 9.17) is 9.47 Å². The highest BCUT2D eigenvalue weighted by Gasteiger charge is 2.18. The molecule has 25 heavy (non-hydrogen) atoms. The molecule has 5 heteroatoms. The highest BCUT2D eigenvalue weighted by atomic mass is 16.5. The topological polar surface area (TPSA) is 61.3 Å². The monoisotopic (exact) mass is 336 g/mol. The highest BCUT2D eigenvalue weighted by Crippen LogP contribution is 2.24. The molecule has 0 spiro atoms. The molecule has 1 aromatic carbocycles. The summed E-state index contributed by atoms with van der Waals surface area (Å²) >= 11 is 0. The average Bonchev–Trinajstić information content (AvgIpc) is 2.66. The van der Waals surface area contributed by atoms with E-state index in [-0.39, 0.29) is 5.69 Å². The van der Waals surface area contributed by atoms with Crippen molar-refractivity contribution in [1.29, 1.82) is 0 Å². The minimum Gasteiger partial charge on any atom is -0.494 e. The van der Waals surface area contributed by atoms with Crippen LogP contribution in [0.2, 0.25) is 0 Å². The van der Waals surface area contributed by atoms with Gasteiger partial charge < -0.3 is 9.47 Å². The molecule has 0 unspecified atom stereocenters. The van der Waals surface area contributed by atoms with Crippen LogP contribution in [0.15, 0.2) is 61.8 Å². The molecule has 0 atom stereocenters. The van der Waals surface area contributed by atoms with Crippen LogP contribution in [0.1, 0.15) is 23.1 Å². The normalized spacial score (nSPS) is 10.9. The van der Waals surface area contributed by atoms with Crippen LogP contribution in [0.3, 0.4) is 0 Å². The largest absolute Gasteiger partial charge is 0.494 e. The zero-order valence-electron chi connectivity index (χ0n) is 14.4. The smallest absolute Gasteiger partial charge is 0.358 e. The van der Waals surface area contributed by atoms with Gasteiger partial charge in [0.25, 0.3) is 0 Å². The third kappa shape index (κ3) is 4.20. The molecular formula is C20H20N2O3. The van der Waals surface area contributed by atoms with E-state index in [0.29, 0.717) is 23.6 Å². The minimum absolute atomic E-state index is 0.127. The fraction of sp³-hybridized carbons (Fsp3) is 0.150. The molecular weight excluding hydrogens is 316 g/mol. The lowest BCUT2D eigenvalue weighted by molar-refractivity contribution is 0.0593. The van der Waals surface area contributed by atoms with Crippen LogP contribution in [-0.4, -0.2) is 29.7 Å². The van der Waals surface area contributed by atoms with Crippen molar-refractivity contribution in [2.75, 3.05) is 13.7 Å². The molecule has 0 fully saturated rings. The second-order valence-electron chi connectivity index (χ2n) is 4.96. The Kier molecular flexibility index (Phi) is 6.23. The molecule has 0 bridgehead atoms. The summed E-state index contributed by atoms with van der Waals surface area (Å²) in [6.07, 6.45) is 6.51. The molecule has 128 valence electrons. The summed E-state index contributed by atoms with van der Waals surface area (Å²) in [6, 6.07) is 7.42. The van der Waals surface area contributed by atoms with Gasteiger partial charge in [-0.25, -0.2) is 9.78 Å². The first-order chi connectivity index (χ1) is 12.1. The number of ether oxygens (including phenoxy) is 2. The summed E-state index contributed by atoms with van der Waals surface area (Å²) in [5, 5.41) is 0. The van der Waals surface area contributed by atoms with Gasteiger partial charge >= 0.3 is 5.97 Å². The van der Waals surface area contributed by atoms with Gasteiger partial charge in [-0.1, -0.05) is 31.4 Å². The second kappa shape index (κ2) is 8.59. The number of benzene rings is 1.